The van der Waals surface area contributed by atoms with Crippen molar-refractivity contribution in [2.24, 2.45) is 5.73 Å². The highest BCUT2D eigenvalue weighted by molar-refractivity contribution is 7.07. The second kappa shape index (κ2) is 10.8. The van der Waals surface area contributed by atoms with Gasteiger partial charge in [-0.25, -0.2) is 9.59 Å². The summed E-state index contributed by atoms with van der Waals surface area (Å²) in [7, 11) is 2.51. The molecular weight excluding hydrogens is 500 g/mol. The molecule has 7 nitrogen and oxygen atoms in total. The molecule has 0 spiro atoms. The van der Waals surface area contributed by atoms with Crippen LogP contribution < -0.4 is 20.5 Å². The topological polar surface area (TPSA) is 101 Å². The van der Waals surface area contributed by atoms with E-state index in [1.54, 1.807) is 6.08 Å². The van der Waals surface area contributed by atoms with Crippen LogP contribution in [0.15, 0.2) is 58.9 Å². The maximum atomic E-state index is 13.6. The Balaban J connectivity index is 2.04. The minimum absolute atomic E-state index is 0.0189. The lowest BCUT2D eigenvalue weighted by Crippen LogP contribution is -2.41. The predicted molar refractivity (Wildman–Crippen MR) is 150 cm³/mol. The van der Waals surface area contributed by atoms with E-state index >= 15 is 0 Å². The van der Waals surface area contributed by atoms with Crippen molar-refractivity contribution in [3.8, 4) is 0 Å². The van der Waals surface area contributed by atoms with Gasteiger partial charge in [-0.1, -0.05) is 76.2 Å². The van der Waals surface area contributed by atoms with Crippen molar-refractivity contribution in [3.05, 3.63) is 95.9 Å². The first-order valence-electron chi connectivity index (χ1n) is 12.4. The van der Waals surface area contributed by atoms with E-state index in [1.165, 1.54) is 24.4 Å². The smallest absolute Gasteiger partial charge is 0.338 e. The van der Waals surface area contributed by atoms with Gasteiger partial charge in [0.1, 0.15) is 10.5 Å². The highest BCUT2D eigenvalue weighted by atomic mass is 32.1. The van der Waals surface area contributed by atoms with Crippen LogP contribution in [0.3, 0.4) is 0 Å². The van der Waals surface area contributed by atoms with Crippen LogP contribution in [-0.2, 0) is 19.1 Å². The highest BCUT2D eigenvalue weighted by Gasteiger charge is 2.39. The van der Waals surface area contributed by atoms with E-state index in [-0.39, 0.29) is 17.0 Å². The van der Waals surface area contributed by atoms with Crippen molar-refractivity contribution in [1.82, 2.24) is 4.57 Å². The Hall–Kier alpha value is -3.91. The van der Waals surface area contributed by atoms with Gasteiger partial charge in [-0.2, -0.15) is 0 Å². The summed E-state index contributed by atoms with van der Waals surface area (Å²) in [5.41, 5.74) is 10.1. The average molecular weight is 533 g/mol. The predicted octanol–water partition coefficient (Wildman–Crippen LogP) is 3.41. The molecule has 2 aromatic carbocycles. The summed E-state index contributed by atoms with van der Waals surface area (Å²) < 4.78 is 12.1. The standard InChI is InChI=1S/C30H32N2O5S/c1-16(2)19-9-7-18(8-10-19)15-22-27(33)32-26(31)24(29(34)36-5)23(25(28(32)38-22)30(35)37-6)21-13-11-20(12-14-21)17(3)4/h7-17,23H,31H2,1-6H3. The molecule has 2 heterocycles. The van der Waals surface area contributed by atoms with Crippen LogP contribution in [-0.4, -0.2) is 30.7 Å². The van der Waals surface area contributed by atoms with Gasteiger partial charge in [0.05, 0.1) is 35.8 Å². The zero-order valence-corrected chi connectivity index (χ0v) is 23.2. The first kappa shape index (κ1) is 27.1. The van der Waals surface area contributed by atoms with E-state index in [4.69, 9.17) is 15.2 Å². The highest BCUT2D eigenvalue weighted by Crippen LogP contribution is 2.38. The number of carbonyl (C=O) groups excluding carboxylic acids is 2. The van der Waals surface area contributed by atoms with Gasteiger partial charge in [0.2, 0.25) is 0 Å². The fourth-order valence-electron chi connectivity index (χ4n) is 4.60. The monoisotopic (exact) mass is 532 g/mol. The van der Waals surface area contributed by atoms with Crippen LogP contribution in [0, 0.1) is 0 Å². The number of methoxy groups -OCH3 is 2. The van der Waals surface area contributed by atoms with Gasteiger partial charge in [-0.3, -0.25) is 9.36 Å². The number of benzene rings is 2. The number of thiazole rings is 1. The van der Waals surface area contributed by atoms with Crippen molar-refractivity contribution in [1.29, 1.82) is 0 Å². The molecule has 4 rings (SSSR count). The molecular formula is C30H32N2O5S. The van der Waals surface area contributed by atoms with Crippen LogP contribution >= 0.6 is 11.3 Å². The Labute approximate surface area is 225 Å². The Morgan fingerprint density at radius 1 is 0.868 bits per heavy atom. The summed E-state index contributed by atoms with van der Waals surface area (Å²) in [6.07, 6.45) is 1.76. The van der Waals surface area contributed by atoms with Crippen molar-refractivity contribution in [3.63, 3.8) is 0 Å². The minimum Gasteiger partial charge on any atom is -0.466 e. The molecule has 0 bridgehead atoms. The Kier molecular flexibility index (Phi) is 7.73. The molecule has 38 heavy (non-hydrogen) atoms. The van der Waals surface area contributed by atoms with Gasteiger partial charge in [0.25, 0.3) is 5.56 Å². The number of aromatic nitrogens is 1. The third-order valence-corrected chi connectivity index (χ3v) is 7.90. The van der Waals surface area contributed by atoms with E-state index in [1.807, 2.05) is 48.5 Å². The molecule has 0 amide bonds. The molecule has 0 saturated heterocycles. The van der Waals surface area contributed by atoms with Crippen molar-refractivity contribution in [2.75, 3.05) is 14.2 Å². The van der Waals surface area contributed by atoms with Gasteiger partial charge in [0, 0.05) is 0 Å². The fraction of sp³-hybridized carbons (Fsp3) is 0.300. The quantitative estimate of drug-likeness (QED) is 0.489. The van der Waals surface area contributed by atoms with E-state index < -0.39 is 23.4 Å². The molecule has 198 valence electrons. The lowest BCUT2D eigenvalue weighted by atomic mass is 9.82. The van der Waals surface area contributed by atoms with E-state index in [9.17, 15) is 14.4 Å². The molecule has 0 saturated carbocycles. The van der Waals surface area contributed by atoms with Gasteiger partial charge in [-0.05, 0) is 40.2 Å². The Morgan fingerprint density at radius 2 is 1.37 bits per heavy atom. The molecule has 0 radical (unpaired) electrons. The maximum Gasteiger partial charge on any atom is 0.338 e. The van der Waals surface area contributed by atoms with Gasteiger partial charge < -0.3 is 15.2 Å². The zero-order chi connectivity index (χ0) is 27.7. The molecule has 8 heteroatoms. The second-order valence-corrected chi connectivity index (χ2v) is 10.9. The third-order valence-electron chi connectivity index (χ3n) is 6.80. The van der Waals surface area contributed by atoms with E-state index in [2.05, 4.69) is 27.7 Å². The number of ether oxygens (including phenoxy) is 2. The summed E-state index contributed by atoms with van der Waals surface area (Å²) in [6.45, 7) is 8.39. The van der Waals surface area contributed by atoms with E-state index in [0.29, 0.717) is 26.6 Å². The minimum atomic E-state index is -0.868. The molecule has 3 aromatic rings. The summed E-state index contributed by atoms with van der Waals surface area (Å²) in [5, 5.41) is 0. The molecule has 1 unspecified atom stereocenters. The number of nitrogens with zero attached hydrogens (tertiary/aromatic N) is 1. The van der Waals surface area contributed by atoms with Gasteiger partial charge >= 0.3 is 11.9 Å². The summed E-state index contributed by atoms with van der Waals surface area (Å²) >= 11 is 1.14. The number of esters is 2. The number of rotatable bonds is 6. The summed E-state index contributed by atoms with van der Waals surface area (Å²) in [4.78, 5) is 39.9. The molecule has 0 fully saturated rings. The summed E-state index contributed by atoms with van der Waals surface area (Å²) in [6, 6.07) is 15.6. The van der Waals surface area contributed by atoms with Gasteiger partial charge in [0.15, 0.2) is 0 Å². The second-order valence-electron chi connectivity index (χ2n) is 9.83. The van der Waals surface area contributed by atoms with Gasteiger partial charge in [-0.15, -0.1) is 11.3 Å². The van der Waals surface area contributed by atoms with Crippen molar-refractivity contribution >= 4 is 40.7 Å². The number of hydrogen-bond acceptors (Lipinski definition) is 7. The first-order valence-corrected chi connectivity index (χ1v) is 13.2. The lowest BCUT2D eigenvalue weighted by molar-refractivity contribution is -0.136. The summed E-state index contributed by atoms with van der Waals surface area (Å²) in [5.74, 6) is -1.62. The third kappa shape index (κ3) is 4.84. The molecule has 1 aliphatic rings. The fourth-order valence-corrected chi connectivity index (χ4v) is 5.77. The van der Waals surface area contributed by atoms with E-state index in [0.717, 1.165) is 22.5 Å². The van der Waals surface area contributed by atoms with Crippen LogP contribution in [0.4, 0.5) is 0 Å². The number of nitrogens with two attached hydrogens (primary N) is 1. The molecule has 0 aliphatic carbocycles. The van der Waals surface area contributed by atoms with Crippen LogP contribution in [0.5, 0.6) is 0 Å². The largest absolute Gasteiger partial charge is 0.466 e. The lowest BCUT2D eigenvalue weighted by Gasteiger charge is -2.26. The molecule has 1 aromatic heterocycles. The number of hydrogen-bond donors (Lipinski definition) is 1. The van der Waals surface area contributed by atoms with Crippen LogP contribution in [0.2, 0.25) is 0 Å². The Morgan fingerprint density at radius 3 is 1.87 bits per heavy atom. The van der Waals surface area contributed by atoms with Crippen molar-refractivity contribution < 1.29 is 19.1 Å². The van der Waals surface area contributed by atoms with Crippen LogP contribution in [0.1, 0.15) is 67.7 Å². The number of fused-ring (bicyclic) bond motifs is 1. The molecule has 1 atom stereocenters. The van der Waals surface area contributed by atoms with Crippen LogP contribution in [0.25, 0.3) is 17.5 Å². The zero-order valence-electron chi connectivity index (χ0n) is 22.4. The first-order chi connectivity index (χ1) is 18.1. The molecule has 2 N–H and O–H groups in total. The number of carbonyl (C=O) groups is 2. The SMILES string of the molecule is COC(=O)C1=C(N)n2c(sc(=Cc3ccc(C(C)C)cc3)c2=O)=C(C(=O)OC)C1c1ccc(C(C)C)cc1. The maximum absolute atomic E-state index is 13.6. The average Bonchev–Trinajstić information content (AvgIpc) is 3.23. The molecule has 1 aliphatic heterocycles. The van der Waals surface area contributed by atoms with Crippen molar-refractivity contribution in [2.45, 2.75) is 45.4 Å². The Bertz CT molecular complexity index is 1590. The normalized spacial score (nSPS) is 15.7.